The third-order valence-corrected chi connectivity index (χ3v) is 5.32. The SMILES string of the molecule is COc1ccc2c(=O)n(C)c(CNC(=O)CCC(=O)CC(C)=O)c(-c3ccccc3)c2c1. The highest BCUT2D eigenvalue weighted by atomic mass is 16.5. The van der Waals surface area contributed by atoms with Crippen molar-refractivity contribution in [1.29, 1.82) is 0 Å². The Morgan fingerprint density at radius 2 is 1.72 bits per heavy atom. The van der Waals surface area contributed by atoms with E-state index in [4.69, 9.17) is 4.74 Å². The van der Waals surface area contributed by atoms with Gasteiger partial charge in [0, 0.05) is 41.9 Å². The lowest BCUT2D eigenvalue weighted by atomic mass is 9.96. The Balaban J connectivity index is 1.98. The number of amides is 1. The molecule has 0 bridgehead atoms. The molecule has 2 aromatic carbocycles. The fourth-order valence-electron chi connectivity index (χ4n) is 3.69. The Hall–Kier alpha value is -3.74. The van der Waals surface area contributed by atoms with Crippen molar-refractivity contribution in [2.24, 2.45) is 7.05 Å². The first-order valence-corrected chi connectivity index (χ1v) is 10.3. The number of carbonyl (C=O) groups is 3. The van der Waals surface area contributed by atoms with Crippen molar-refractivity contribution in [1.82, 2.24) is 9.88 Å². The van der Waals surface area contributed by atoms with Gasteiger partial charge in [-0.25, -0.2) is 0 Å². The van der Waals surface area contributed by atoms with Gasteiger partial charge in [-0.05, 0) is 30.7 Å². The molecular weight excluding hydrogens is 408 g/mol. The number of nitrogens with zero attached hydrogens (tertiary/aromatic N) is 1. The number of ketones is 2. The van der Waals surface area contributed by atoms with Gasteiger partial charge in [0.15, 0.2) is 0 Å². The molecule has 0 aliphatic carbocycles. The highest BCUT2D eigenvalue weighted by molar-refractivity contribution is 5.99. The minimum absolute atomic E-state index is 0.00477. The number of pyridine rings is 1. The summed E-state index contributed by atoms with van der Waals surface area (Å²) >= 11 is 0. The van der Waals surface area contributed by atoms with E-state index in [1.54, 1.807) is 30.9 Å². The van der Waals surface area contributed by atoms with Crippen molar-refractivity contribution in [3.8, 4) is 16.9 Å². The number of hydrogen-bond acceptors (Lipinski definition) is 5. The summed E-state index contributed by atoms with van der Waals surface area (Å²) in [6.07, 6.45) is -0.167. The number of hydrogen-bond donors (Lipinski definition) is 1. The number of rotatable bonds is 9. The number of benzene rings is 2. The summed E-state index contributed by atoms with van der Waals surface area (Å²) in [6.45, 7) is 1.46. The van der Waals surface area contributed by atoms with Crippen molar-refractivity contribution in [3.05, 3.63) is 64.6 Å². The van der Waals surface area contributed by atoms with E-state index in [1.807, 2.05) is 36.4 Å². The minimum Gasteiger partial charge on any atom is -0.497 e. The molecule has 0 fully saturated rings. The molecule has 1 amide bonds. The first kappa shape index (κ1) is 22.9. The number of nitrogens with one attached hydrogen (secondary N) is 1. The normalized spacial score (nSPS) is 10.7. The molecular formula is C25H26N2O5. The van der Waals surface area contributed by atoms with Gasteiger partial charge >= 0.3 is 0 Å². The van der Waals surface area contributed by atoms with Crippen molar-refractivity contribution in [3.63, 3.8) is 0 Å². The van der Waals surface area contributed by atoms with Crippen LogP contribution in [-0.4, -0.2) is 29.2 Å². The van der Waals surface area contributed by atoms with Crippen LogP contribution in [0.5, 0.6) is 5.75 Å². The molecule has 166 valence electrons. The van der Waals surface area contributed by atoms with E-state index in [9.17, 15) is 19.2 Å². The molecule has 0 atom stereocenters. The van der Waals surface area contributed by atoms with Gasteiger partial charge in [0.25, 0.3) is 5.56 Å². The zero-order chi connectivity index (χ0) is 23.3. The van der Waals surface area contributed by atoms with Crippen molar-refractivity contribution in [2.75, 3.05) is 7.11 Å². The summed E-state index contributed by atoms with van der Waals surface area (Å²) in [6, 6.07) is 14.9. The lowest BCUT2D eigenvalue weighted by Crippen LogP contribution is -2.29. The third kappa shape index (κ3) is 5.11. The van der Waals surface area contributed by atoms with Crippen LogP contribution in [0.25, 0.3) is 21.9 Å². The molecule has 0 radical (unpaired) electrons. The summed E-state index contributed by atoms with van der Waals surface area (Å²) in [7, 11) is 3.25. The van der Waals surface area contributed by atoms with Crippen LogP contribution in [0.1, 0.15) is 31.9 Å². The molecule has 1 aromatic heterocycles. The Bertz CT molecular complexity index is 1230. The molecule has 0 unspecified atom stereocenters. The maximum absolute atomic E-state index is 13.0. The van der Waals surface area contributed by atoms with E-state index in [-0.39, 0.29) is 48.8 Å². The van der Waals surface area contributed by atoms with E-state index in [0.717, 1.165) is 16.5 Å². The predicted octanol–water partition coefficient (Wildman–Crippen LogP) is 3.16. The molecule has 7 heteroatoms. The summed E-state index contributed by atoms with van der Waals surface area (Å²) in [5.41, 5.74) is 2.20. The fourth-order valence-corrected chi connectivity index (χ4v) is 3.69. The Labute approximate surface area is 186 Å². The maximum Gasteiger partial charge on any atom is 0.258 e. The van der Waals surface area contributed by atoms with Gasteiger partial charge < -0.3 is 14.6 Å². The average Bonchev–Trinajstić information content (AvgIpc) is 2.78. The van der Waals surface area contributed by atoms with Crippen LogP contribution in [-0.2, 0) is 28.0 Å². The Kier molecular flexibility index (Phi) is 7.20. The van der Waals surface area contributed by atoms with Crippen LogP contribution in [0, 0.1) is 0 Å². The van der Waals surface area contributed by atoms with Crippen LogP contribution in [0.3, 0.4) is 0 Å². The van der Waals surface area contributed by atoms with Gasteiger partial charge in [-0.15, -0.1) is 0 Å². The van der Waals surface area contributed by atoms with Crippen molar-refractivity contribution in [2.45, 2.75) is 32.7 Å². The molecule has 0 spiro atoms. The third-order valence-electron chi connectivity index (χ3n) is 5.32. The number of carbonyl (C=O) groups excluding carboxylic acids is 3. The summed E-state index contributed by atoms with van der Waals surface area (Å²) in [5, 5.41) is 4.10. The van der Waals surface area contributed by atoms with E-state index in [0.29, 0.717) is 16.8 Å². The highest BCUT2D eigenvalue weighted by Gasteiger charge is 2.18. The summed E-state index contributed by atoms with van der Waals surface area (Å²) < 4.78 is 6.91. The smallest absolute Gasteiger partial charge is 0.258 e. The van der Waals surface area contributed by atoms with Gasteiger partial charge in [-0.3, -0.25) is 19.2 Å². The highest BCUT2D eigenvalue weighted by Crippen LogP contribution is 2.32. The number of Topliss-reactive ketones (excluding diaryl/α,β-unsaturated/α-hetero) is 2. The quantitative estimate of drug-likeness (QED) is 0.522. The lowest BCUT2D eigenvalue weighted by Gasteiger charge is -2.18. The van der Waals surface area contributed by atoms with Gasteiger partial charge in [0.1, 0.15) is 17.3 Å². The first-order chi connectivity index (χ1) is 15.3. The van der Waals surface area contributed by atoms with Crippen molar-refractivity contribution >= 4 is 28.2 Å². The molecule has 7 nitrogen and oxygen atoms in total. The van der Waals surface area contributed by atoms with Gasteiger partial charge in [0.05, 0.1) is 20.1 Å². The molecule has 1 heterocycles. The molecule has 3 rings (SSSR count). The molecule has 0 aliphatic heterocycles. The van der Waals surface area contributed by atoms with Crippen LogP contribution >= 0.6 is 0 Å². The summed E-state index contributed by atoms with van der Waals surface area (Å²) in [4.78, 5) is 48.1. The molecule has 1 N–H and O–H groups in total. The van der Waals surface area contributed by atoms with E-state index in [2.05, 4.69) is 5.32 Å². The fraction of sp³-hybridized carbons (Fsp3) is 0.280. The van der Waals surface area contributed by atoms with Gasteiger partial charge in [-0.2, -0.15) is 0 Å². The second kappa shape index (κ2) is 10.0. The minimum atomic E-state index is -0.320. The second-order valence-electron chi connectivity index (χ2n) is 7.66. The molecule has 3 aromatic rings. The van der Waals surface area contributed by atoms with E-state index < -0.39 is 0 Å². The van der Waals surface area contributed by atoms with Gasteiger partial charge in [0.2, 0.25) is 5.91 Å². The largest absolute Gasteiger partial charge is 0.497 e. The Morgan fingerprint density at radius 1 is 1.00 bits per heavy atom. The molecule has 0 saturated carbocycles. The lowest BCUT2D eigenvalue weighted by molar-refractivity contribution is -0.128. The number of aromatic nitrogens is 1. The van der Waals surface area contributed by atoms with Gasteiger partial charge in [-0.1, -0.05) is 30.3 Å². The molecule has 32 heavy (non-hydrogen) atoms. The van der Waals surface area contributed by atoms with Crippen LogP contribution < -0.4 is 15.6 Å². The van der Waals surface area contributed by atoms with Crippen LogP contribution in [0.4, 0.5) is 0 Å². The Morgan fingerprint density at radius 3 is 2.38 bits per heavy atom. The standard InChI is InChI=1S/C25H26N2O5/c1-16(28)13-18(29)9-12-23(30)26-15-22-24(17-7-5-4-6-8-17)21-14-19(32-3)10-11-20(21)25(31)27(22)2/h4-8,10-11,14H,9,12-13,15H2,1-3H3,(H,26,30). The van der Waals surface area contributed by atoms with Crippen molar-refractivity contribution < 1.29 is 19.1 Å². The maximum atomic E-state index is 13.0. The topological polar surface area (TPSA) is 94.5 Å². The van der Waals surface area contributed by atoms with E-state index in [1.165, 1.54) is 6.92 Å². The van der Waals surface area contributed by atoms with Crippen LogP contribution in [0.2, 0.25) is 0 Å². The first-order valence-electron chi connectivity index (χ1n) is 10.3. The number of fused-ring (bicyclic) bond motifs is 1. The number of ether oxygens (including phenoxy) is 1. The average molecular weight is 434 g/mol. The zero-order valence-corrected chi connectivity index (χ0v) is 18.4. The number of methoxy groups -OCH3 is 1. The van der Waals surface area contributed by atoms with E-state index >= 15 is 0 Å². The molecule has 0 aliphatic rings. The zero-order valence-electron chi connectivity index (χ0n) is 18.4. The summed E-state index contributed by atoms with van der Waals surface area (Å²) in [5.74, 6) is -0.173. The second-order valence-corrected chi connectivity index (χ2v) is 7.66. The monoisotopic (exact) mass is 434 g/mol. The molecule has 0 saturated heterocycles. The van der Waals surface area contributed by atoms with Crippen LogP contribution in [0.15, 0.2) is 53.3 Å². The predicted molar refractivity (Wildman–Crippen MR) is 123 cm³/mol.